The van der Waals surface area contributed by atoms with Crippen LogP contribution in [0, 0.1) is 0 Å². The first-order chi connectivity index (χ1) is 12.9. The average Bonchev–Trinajstić information content (AvgIpc) is 2.71. The van der Waals surface area contributed by atoms with E-state index in [9.17, 15) is 0 Å². The SMILES string of the molecule is C1=c2c(c3ccccc3c3c2=Nc2ccccc2N3)Oc2ccccc21. The fourth-order valence-corrected chi connectivity index (χ4v) is 3.79. The van der Waals surface area contributed by atoms with Gasteiger partial charge >= 0.3 is 0 Å². The Morgan fingerprint density at radius 3 is 2.50 bits per heavy atom. The van der Waals surface area contributed by atoms with Crippen LogP contribution in [-0.2, 0) is 0 Å². The van der Waals surface area contributed by atoms with E-state index in [0.717, 1.165) is 55.5 Å². The lowest BCUT2D eigenvalue weighted by Gasteiger charge is -2.22. The first-order valence-corrected chi connectivity index (χ1v) is 8.66. The number of rotatable bonds is 0. The van der Waals surface area contributed by atoms with E-state index in [0.29, 0.717) is 0 Å². The number of benzene rings is 4. The minimum absolute atomic E-state index is 0.878. The molecule has 3 nitrogen and oxygen atoms in total. The second-order valence-electron chi connectivity index (χ2n) is 6.55. The van der Waals surface area contributed by atoms with Crippen molar-refractivity contribution < 1.29 is 4.74 Å². The quantitative estimate of drug-likeness (QED) is 0.434. The van der Waals surface area contributed by atoms with Crippen LogP contribution in [0.5, 0.6) is 11.5 Å². The minimum atomic E-state index is 0.878. The Labute approximate surface area is 149 Å². The first kappa shape index (κ1) is 13.7. The summed E-state index contributed by atoms with van der Waals surface area (Å²) >= 11 is 0. The number of ether oxygens (including phenoxy) is 1. The number of hydrogen-bond acceptors (Lipinski definition) is 3. The van der Waals surface area contributed by atoms with Crippen LogP contribution < -0.4 is 20.6 Å². The molecule has 4 aromatic carbocycles. The molecule has 0 aromatic heterocycles. The van der Waals surface area contributed by atoms with Gasteiger partial charge in [0.25, 0.3) is 0 Å². The number of fused-ring (bicyclic) bond motifs is 8. The normalized spacial score (nSPS) is 13.1. The molecule has 2 aliphatic rings. The van der Waals surface area contributed by atoms with Crippen molar-refractivity contribution in [2.24, 2.45) is 4.99 Å². The third kappa shape index (κ3) is 1.80. The molecule has 6 rings (SSSR count). The molecule has 0 radical (unpaired) electrons. The minimum Gasteiger partial charge on any atom is -0.455 e. The second kappa shape index (κ2) is 4.96. The Bertz CT molecular complexity index is 1230. The standard InChI is InChI=1S/C23H14N2O/c1-6-12-20-14(7-1)13-17-22-21(24-18-10-4-5-11-19(18)25-22)15-8-2-3-9-16(15)23(17)26-20/h1-13,24H. The fourth-order valence-electron chi connectivity index (χ4n) is 3.79. The maximum absolute atomic E-state index is 6.33. The Kier molecular flexibility index (Phi) is 2.61. The van der Waals surface area contributed by atoms with Crippen molar-refractivity contribution in [2.75, 3.05) is 5.32 Å². The second-order valence-corrected chi connectivity index (χ2v) is 6.55. The molecule has 2 heterocycles. The largest absolute Gasteiger partial charge is 0.455 e. The van der Waals surface area contributed by atoms with Crippen molar-refractivity contribution in [3.8, 4) is 11.5 Å². The lowest BCUT2D eigenvalue weighted by molar-refractivity contribution is 0.478. The number of anilines is 2. The van der Waals surface area contributed by atoms with Crippen molar-refractivity contribution in [1.29, 1.82) is 0 Å². The van der Waals surface area contributed by atoms with Crippen LogP contribution in [0.3, 0.4) is 0 Å². The molecule has 0 bridgehead atoms. The molecule has 0 fully saturated rings. The molecule has 2 aliphatic heterocycles. The maximum atomic E-state index is 6.33. The van der Waals surface area contributed by atoms with E-state index in [1.165, 1.54) is 0 Å². The van der Waals surface area contributed by atoms with Crippen molar-refractivity contribution in [3.05, 3.63) is 88.9 Å². The third-order valence-corrected chi connectivity index (χ3v) is 5.00. The van der Waals surface area contributed by atoms with Crippen LogP contribution in [0.4, 0.5) is 17.1 Å². The highest BCUT2D eigenvalue weighted by molar-refractivity contribution is 6.01. The molecular weight excluding hydrogens is 320 g/mol. The zero-order valence-corrected chi connectivity index (χ0v) is 13.9. The summed E-state index contributed by atoms with van der Waals surface area (Å²) in [6.07, 6.45) is 2.18. The highest BCUT2D eigenvalue weighted by atomic mass is 16.5. The summed E-state index contributed by atoms with van der Waals surface area (Å²) in [6.45, 7) is 0. The molecule has 3 heteroatoms. The van der Waals surface area contributed by atoms with Gasteiger partial charge in [-0.25, -0.2) is 4.99 Å². The fraction of sp³-hybridized carbons (Fsp3) is 0. The summed E-state index contributed by atoms with van der Waals surface area (Å²) < 4.78 is 6.33. The van der Waals surface area contributed by atoms with Gasteiger partial charge in [-0.2, -0.15) is 0 Å². The van der Waals surface area contributed by atoms with Gasteiger partial charge in [-0.3, -0.25) is 0 Å². The molecule has 0 aliphatic carbocycles. The van der Waals surface area contributed by atoms with Crippen LogP contribution in [0.1, 0.15) is 5.56 Å². The van der Waals surface area contributed by atoms with Gasteiger partial charge in [0.05, 0.1) is 22.4 Å². The third-order valence-electron chi connectivity index (χ3n) is 5.00. The predicted molar refractivity (Wildman–Crippen MR) is 104 cm³/mol. The number of para-hydroxylation sites is 3. The van der Waals surface area contributed by atoms with Crippen molar-refractivity contribution in [1.82, 2.24) is 0 Å². The Morgan fingerprint density at radius 2 is 1.54 bits per heavy atom. The lowest BCUT2D eigenvalue weighted by atomic mass is 10.00. The molecule has 0 saturated heterocycles. The van der Waals surface area contributed by atoms with Crippen molar-refractivity contribution >= 4 is 33.9 Å². The van der Waals surface area contributed by atoms with Crippen LogP contribution in [0.15, 0.2) is 77.8 Å². The van der Waals surface area contributed by atoms with Crippen LogP contribution in [0.2, 0.25) is 0 Å². The van der Waals surface area contributed by atoms with Crippen molar-refractivity contribution in [2.45, 2.75) is 0 Å². The van der Waals surface area contributed by atoms with Gasteiger partial charge in [-0.05, 0) is 24.3 Å². The molecule has 0 atom stereocenters. The van der Waals surface area contributed by atoms with E-state index < -0.39 is 0 Å². The average molecular weight is 334 g/mol. The molecule has 122 valence electrons. The van der Waals surface area contributed by atoms with Crippen molar-refractivity contribution in [3.63, 3.8) is 0 Å². The van der Waals surface area contributed by atoms with Gasteiger partial charge in [-0.1, -0.05) is 54.6 Å². The van der Waals surface area contributed by atoms with Crippen LogP contribution in [-0.4, -0.2) is 0 Å². The summed E-state index contributed by atoms with van der Waals surface area (Å²) in [4.78, 5) is 4.97. The molecule has 0 spiro atoms. The highest BCUT2D eigenvalue weighted by Gasteiger charge is 2.21. The monoisotopic (exact) mass is 334 g/mol. The maximum Gasteiger partial charge on any atom is 0.144 e. The predicted octanol–water partition coefficient (Wildman–Crippen LogP) is 4.78. The lowest BCUT2D eigenvalue weighted by Crippen LogP contribution is -2.32. The zero-order chi connectivity index (χ0) is 17.1. The Hall–Kier alpha value is -3.59. The molecule has 1 N–H and O–H groups in total. The van der Waals surface area contributed by atoms with E-state index in [-0.39, 0.29) is 0 Å². The summed E-state index contributed by atoms with van der Waals surface area (Å²) in [5, 5.41) is 7.76. The summed E-state index contributed by atoms with van der Waals surface area (Å²) in [5.74, 6) is 1.76. The van der Waals surface area contributed by atoms with Gasteiger partial charge in [0.15, 0.2) is 0 Å². The number of nitrogens with one attached hydrogen (secondary N) is 1. The summed E-state index contributed by atoms with van der Waals surface area (Å²) in [6, 6.07) is 24.6. The molecule has 26 heavy (non-hydrogen) atoms. The summed E-state index contributed by atoms with van der Waals surface area (Å²) in [7, 11) is 0. The number of hydrogen-bond donors (Lipinski definition) is 1. The first-order valence-electron chi connectivity index (χ1n) is 8.66. The molecule has 0 saturated carbocycles. The Balaban J connectivity index is 1.83. The number of nitrogens with zero attached hydrogens (tertiary/aromatic N) is 1. The van der Waals surface area contributed by atoms with Gasteiger partial charge in [0.2, 0.25) is 0 Å². The molecule has 4 aromatic rings. The van der Waals surface area contributed by atoms with E-state index in [1.807, 2.05) is 42.5 Å². The molecule has 0 amide bonds. The smallest absolute Gasteiger partial charge is 0.144 e. The Morgan fingerprint density at radius 1 is 0.769 bits per heavy atom. The zero-order valence-electron chi connectivity index (χ0n) is 13.9. The van der Waals surface area contributed by atoms with E-state index >= 15 is 0 Å². The topological polar surface area (TPSA) is 33.6 Å². The summed E-state index contributed by atoms with van der Waals surface area (Å²) in [5.41, 5.74) is 4.09. The molecule has 0 unspecified atom stereocenters. The van der Waals surface area contributed by atoms with E-state index in [2.05, 4.69) is 41.7 Å². The van der Waals surface area contributed by atoms with Gasteiger partial charge in [-0.15, -0.1) is 0 Å². The van der Waals surface area contributed by atoms with Crippen LogP contribution in [0.25, 0.3) is 16.8 Å². The van der Waals surface area contributed by atoms with E-state index in [1.54, 1.807) is 0 Å². The van der Waals surface area contributed by atoms with Crippen LogP contribution >= 0.6 is 0 Å². The van der Waals surface area contributed by atoms with Gasteiger partial charge in [0, 0.05) is 21.6 Å². The molecular formula is C23H14N2O. The van der Waals surface area contributed by atoms with Gasteiger partial charge < -0.3 is 10.1 Å². The van der Waals surface area contributed by atoms with E-state index in [4.69, 9.17) is 9.73 Å². The van der Waals surface area contributed by atoms with Gasteiger partial charge in [0.1, 0.15) is 11.5 Å². The highest BCUT2D eigenvalue weighted by Crippen LogP contribution is 2.37.